The number of hydrogen-bond donors (Lipinski definition) is 0. The number of hydrogen-bond acceptors (Lipinski definition) is 0. The van der Waals surface area contributed by atoms with Gasteiger partial charge in [0.05, 0.1) is 33.3 Å². The molecule has 53 heavy (non-hydrogen) atoms. The Labute approximate surface area is 306 Å². The second kappa shape index (κ2) is 11.7. The van der Waals surface area contributed by atoms with Gasteiger partial charge in [0.25, 0.3) is 0 Å². The molecule has 248 valence electrons. The molecule has 0 aliphatic rings. The van der Waals surface area contributed by atoms with E-state index in [0.717, 1.165) is 17.1 Å². The third-order valence-corrected chi connectivity index (χ3v) is 10.8. The van der Waals surface area contributed by atoms with Crippen molar-refractivity contribution in [3.05, 3.63) is 200 Å². The topological polar surface area (TPSA) is 14.8 Å². The molecule has 0 aliphatic carbocycles. The van der Waals surface area contributed by atoms with Crippen molar-refractivity contribution in [3.63, 3.8) is 0 Å². The predicted molar refractivity (Wildman–Crippen MR) is 223 cm³/mol. The van der Waals surface area contributed by atoms with Crippen LogP contribution in [0.5, 0.6) is 0 Å². The highest BCUT2D eigenvalue weighted by molar-refractivity contribution is 6.19. The summed E-state index contributed by atoms with van der Waals surface area (Å²) in [4.78, 5) is 0. The molecular formula is C50H33N3. The first-order valence-electron chi connectivity index (χ1n) is 18.2. The van der Waals surface area contributed by atoms with E-state index in [1.165, 1.54) is 76.9 Å². The summed E-state index contributed by atoms with van der Waals surface area (Å²) < 4.78 is 7.31. The molecule has 0 unspecified atom stereocenters. The maximum Gasteiger partial charge on any atom is 0.0788 e. The quantitative estimate of drug-likeness (QED) is 0.172. The maximum atomic E-state index is 2.46. The van der Waals surface area contributed by atoms with E-state index in [9.17, 15) is 0 Å². The number of benzene rings is 8. The van der Waals surface area contributed by atoms with Crippen molar-refractivity contribution in [2.75, 3.05) is 0 Å². The third kappa shape index (κ3) is 4.54. The molecule has 11 aromatic rings. The average Bonchev–Trinajstić information content (AvgIpc) is 3.90. The van der Waals surface area contributed by atoms with Gasteiger partial charge in [-0.1, -0.05) is 133 Å². The van der Waals surface area contributed by atoms with Gasteiger partial charge in [-0.05, 0) is 83.4 Å². The fourth-order valence-electron chi connectivity index (χ4n) is 8.49. The van der Waals surface area contributed by atoms with E-state index in [0.29, 0.717) is 0 Å². The molecule has 11 rings (SSSR count). The molecule has 0 radical (unpaired) electrons. The first-order chi connectivity index (χ1) is 26.3. The monoisotopic (exact) mass is 675 g/mol. The average molecular weight is 676 g/mol. The Morgan fingerprint density at radius 1 is 0.264 bits per heavy atom. The van der Waals surface area contributed by atoms with Crippen molar-refractivity contribution in [1.82, 2.24) is 13.7 Å². The molecule has 3 heterocycles. The van der Waals surface area contributed by atoms with Crippen molar-refractivity contribution in [1.29, 1.82) is 0 Å². The van der Waals surface area contributed by atoms with Crippen molar-refractivity contribution >= 4 is 54.5 Å². The van der Waals surface area contributed by atoms with E-state index in [4.69, 9.17) is 0 Å². The van der Waals surface area contributed by atoms with Gasteiger partial charge in [0.1, 0.15) is 0 Å². The van der Waals surface area contributed by atoms with E-state index < -0.39 is 0 Å². The van der Waals surface area contributed by atoms with E-state index in [2.05, 4.69) is 214 Å². The molecular weight excluding hydrogens is 643 g/mol. The van der Waals surface area contributed by atoms with Crippen LogP contribution in [-0.2, 0) is 0 Å². The summed E-state index contributed by atoms with van der Waals surface area (Å²) >= 11 is 0. The van der Waals surface area contributed by atoms with Crippen LogP contribution in [0, 0.1) is 0 Å². The minimum Gasteiger partial charge on any atom is -0.309 e. The lowest BCUT2D eigenvalue weighted by Crippen LogP contribution is -2.00. The molecule has 0 fully saturated rings. The van der Waals surface area contributed by atoms with Crippen LogP contribution in [0.3, 0.4) is 0 Å². The second-order valence-corrected chi connectivity index (χ2v) is 13.8. The van der Waals surface area contributed by atoms with Crippen LogP contribution in [0.4, 0.5) is 0 Å². The molecule has 0 bridgehead atoms. The molecule has 0 aliphatic heterocycles. The van der Waals surface area contributed by atoms with Crippen LogP contribution in [-0.4, -0.2) is 13.7 Å². The zero-order valence-corrected chi connectivity index (χ0v) is 28.9. The first-order valence-corrected chi connectivity index (χ1v) is 18.2. The molecule has 0 saturated carbocycles. The van der Waals surface area contributed by atoms with Crippen LogP contribution < -0.4 is 0 Å². The molecule has 0 atom stereocenters. The normalized spacial score (nSPS) is 11.8. The summed E-state index contributed by atoms with van der Waals surface area (Å²) in [6, 6.07) is 72.6. The van der Waals surface area contributed by atoms with E-state index in [1.807, 2.05) is 0 Å². The van der Waals surface area contributed by atoms with Gasteiger partial charge in [-0.2, -0.15) is 0 Å². The Morgan fingerprint density at radius 3 is 1.49 bits per heavy atom. The van der Waals surface area contributed by atoms with Crippen LogP contribution >= 0.6 is 0 Å². The fraction of sp³-hybridized carbons (Fsp3) is 0. The molecule has 0 saturated heterocycles. The number of aromatic nitrogens is 3. The summed E-state index contributed by atoms with van der Waals surface area (Å²) in [6.45, 7) is 0. The smallest absolute Gasteiger partial charge is 0.0788 e. The zero-order chi connectivity index (χ0) is 34.9. The molecule has 0 spiro atoms. The zero-order valence-electron chi connectivity index (χ0n) is 28.9. The molecule has 8 aromatic carbocycles. The van der Waals surface area contributed by atoms with Gasteiger partial charge in [0, 0.05) is 44.0 Å². The lowest BCUT2D eigenvalue weighted by atomic mass is 10.0. The fourth-order valence-corrected chi connectivity index (χ4v) is 8.49. The van der Waals surface area contributed by atoms with E-state index in [1.54, 1.807) is 0 Å². The second-order valence-electron chi connectivity index (χ2n) is 13.8. The van der Waals surface area contributed by atoms with Crippen molar-refractivity contribution in [3.8, 4) is 39.4 Å². The highest BCUT2D eigenvalue weighted by atomic mass is 15.1. The predicted octanol–water partition coefficient (Wildman–Crippen LogP) is 13.2. The molecule has 0 amide bonds. The standard InChI is InChI=1S/C50H33N3/c1-4-14-34(15-5-1)36-25-31-47-44(32-36)42-21-11-12-22-45(42)51(47)39-26-28-40(29-27-39)52-46-23-13-10-20-41(46)43-30-24-37-33-48(35-16-6-2-7-17-35)53(49(37)50(43)52)38-18-8-3-9-19-38/h1-33H. The van der Waals surface area contributed by atoms with E-state index >= 15 is 0 Å². The maximum absolute atomic E-state index is 2.46. The van der Waals surface area contributed by atoms with Crippen molar-refractivity contribution in [2.45, 2.75) is 0 Å². The van der Waals surface area contributed by atoms with Gasteiger partial charge in [-0.25, -0.2) is 0 Å². The first kappa shape index (κ1) is 29.6. The SMILES string of the molecule is c1ccc(-c2ccc3c(c2)c2ccccc2n3-c2ccc(-n3c4ccccc4c4ccc5cc(-c6ccccc6)n(-c6ccccc6)c5c43)cc2)cc1. The summed E-state index contributed by atoms with van der Waals surface area (Å²) in [7, 11) is 0. The van der Waals surface area contributed by atoms with Gasteiger partial charge in [-0.3, -0.25) is 0 Å². The number of fused-ring (bicyclic) bond motifs is 8. The van der Waals surface area contributed by atoms with Crippen molar-refractivity contribution in [2.24, 2.45) is 0 Å². The minimum absolute atomic E-state index is 1.13. The van der Waals surface area contributed by atoms with Gasteiger partial charge in [-0.15, -0.1) is 0 Å². The largest absolute Gasteiger partial charge is 0.309 e. The molecule has 3 nitrogen and oxygen atoms in total. The lowest BCUT2D eigenvalue weighted by Gasteiger charge is -2.15. The van der Waals surface area contributed by atoms with Crippen molar-refractivity contribution < 1.29 is 0 Å². The highest BCUT2D eigenvalue weighted by Gasteiger charge is 2.21. The number of nitrogens with zero attached hydrogens (tertiary/aromatic N) is 3. The van der Waals surface area contributed by atoms with Crippen LogP contribution in [0.15, 0.2) is 200 Å². The summed E-state index contributed by atoms with van der Waals surface area (Å²) in [5, 5.41) is 6.20. The summed E-state index contributed by atoms with van der Waals surface area (Å²) in [5.41, 5.74) is 14.2. The highest BCUT2D eigenvalue weighted by Crippen LogP contribution is 2.41. The Balaban J connectivity index is 1.15. The lowest BCUT2D eigenvalue weighted by molar-refractivity contribution is 1.12. The number of rotatable bonds is 5. The minimum atomic E-state index is 1.13. The number of para-hydroxylation sites is 3. The Kier molecular flexibility index (Phi) is 6.55. The molecule has 3 aromatic heterocycles. The van der Waals surface area contributed by atoms with Gasteiger partial charge >= 0.3 is 0 Å². The molecule has 0 N–H and O–H groups in total. The summed E-state index contributed by atoms with van der Waals surface area (Å²) in [6.07, 6.45) is 0. The van der Waals surface area contributed by atoms with Gasteiger partial charge in [0.2, 0.25) is 0 Å². The summed E-state index contributed by atoms with van der Waals surface area (Å²) in [5.74, 6) is 0. The third-order valence-electron chi connectivity index (χ3n) is 10.8. The van der Waals surface area contributed by atoms with Crippen LogP contribution in [0.1, 0.15) is 0 Å². The van der Waals surface area contributed by atoms with Gasteiger partial charge < -0.3 is 13.7 Å². The Bertz CT molecular complexity index is 3130. The van der Waals surface area contributed by atoms with Crippen LogP contribution in [0.25, 0.3) is 94.0 Å². The van der Waals surface area contributed by atoms with Crippen LogP contribution in [0.2, 0.25) is 0 Å². The Hall–Kier alpha value is -7.10. The Morgan fingerprint density at radius 2 is 0.792 bits per heavy atom. The molecule has 3 heteroatoms. The van der Waals surface area contributed by atoms with Gasteiger partial charge in [0.15, 0.2) is 0 Å². The van der Waals surface area contributed by atoms with E-state index in [-0.39, 0.29) is 0 Å².